The molecule has 0 saturated heterocycles. The number of amides is 2. The lowest BCUT2D eigenvalue weighted by molar-refractivity contribution is 0.0422. The Morgan fingerprint density at radius 2 is 1.23 bits per heavy atom. The maximum atomic E-state index is 12.4. The molecule has 3 atom stereocenters. The molecule has 2 amide bonds. The molecule has 0 heterocycles. The van der Waals surface area contributed by atoms with Crippen LogP contribution in [0.4, 0.5) is 9.59 Å². The molecule has 2 aromatic rings. The zero-order valence-corrected chi connectivity index (χ0v) is 24.1. The maximum absolute atomic E-state index is 12.4. The van der Waals surface area contributed by atoms with Crippen molar-refractivity contribution >= 4 is 12.2 Å². The average Bonchev–Trinajstić information content (AvgIpc) is 2.80. The number of ether oxygens (including phenoxy) is 2. The molecule has 0 spiro atoms. The minimum atomic E-state index is -0.853. The lowest BCUT2D eigenvalue weighted by atomic mass is 10.0. The minimum absolute atomic E-state index is 0. The SMILES string of the molecule is CC(C)(C)OC(=O)N[C@H](CCNC[C@@H](O)[C@H](Cc1ccccc1)NC(=O)OC(C)(C)C)Cc1ccccc1.O. The number of benzene rings is 2. The van der Waals surface area contributed by atoms with Crippen molar-refractivity contribution in [2.75, 3.05) is 13.1 Å². The van der Waals surface area contributed by atoms with E-state index >= 15 is 0 Å². The van der Waals surface area contributed by atoms with Crippen molar-refractivity contribution in [1.29, 1.82) is 0 Å². The zero-order chi connectivity index (χ0) is 28.2. The minimum Gasteiger partial charge on any atom is -0.444 e. The summed E-state index contributed by atoms with van der Waals surface area (Å²) in [6, 6.07) is 18.9. The smallest absolute Gasteiger partial charge is 0.407 e. The number of carbonyl (C=O) groups excluding carboxylic acids is 2. The predicted molar refractivity (Wildman–Crippen MR) is 154 cm³/mol. The number of carbonyl (C=O) groups is 2. The highest BCUT2D eigenvalue weighted by Crippen LogP contribution is 2.12. The Hall–Kier alpha value is -3.14. The van der Waals surface area contributed by atoms with Gasteiger partial charge < -0.3 is 36.0 Å². The molecule has 6 N–H and O–H groups in total. The summed E-state index contributed by atoms with van der Waals surface area (Å²) < 4.78 is 10.9. The average molecular weight is 546 g/mol. The first-order valence-corrected chi connectivity index (χ1v) is 13.3. The fourth-order valence-corrected chi connectivity index (χ4v) is 3.88. The molecule has 0 aliphatic heterocycles. The molecule has 2 aromatic carbocycles. The van der Waals surface area contributed by atoms with Crippen molar-refractivity contribution in [3.8, 4) is 0 Å². The molecule has 0 fully saturated rings. The molecular weight excluding hydrogens is 498 g/mol. The summed E-state index contributed by atoms with van der Waals surface area (Å²) in [5, 5.41) is 20.0. The molecule has 39 heavy (non-hydrogen) atoms. The molecule has 0 aromatic heterocycles. The van der Waals surface area contributed by atoms with Crippen molar-refractivity contribution in [2.45, 2.75) is 90.2 Å². The van der Waals surface area contributed by atoms with E-state index in [0.29, 0.717) is 25.8 Å². The zero-order valence-electron chi connectivity index (χ0n) is 24.1. The molecule has 218 valence electrons. The van der Waals surface area contributed by atoms with E-state index in [1.807, 2.05) is 81.4 Å². The van der Waals surface area contributed by atoms with Gasteiger partial charge in [0.2, 0.25) is 0 Å². The number of alkyl carbamates (subject to hydrolysis) is 2. The largest absolute Gasteiger partial charge is 0.444 e. The van der Waals surface area contributed by atoms with Gasteiger partial charge >= 0.3 is 12.2 Å². The Morgan fingerprint density at radius 3 is 1.72 bits per heavy atom. The van der Waals surface area contributed by atoms with Crippen LogP contribution in [0.1, 0.15) is 59.1 Å². The van der Waals surface area contributed by atoms with E-state index in [2.05, 4.69) is 16.0 Å². The fourth-order valence-electron chi connectivity index (χ4n) is 3.88. The fraction of sp³-hybridized carbons (Fsp3) is 0.533. The predicted octanol–water partition coefficient (Wildman–Crippen LogP) is 3.77. The van der Waals surface area contributed by atoms with Crippen molar-refractivity contribution in [3.63, 3.8) is 0 Å². The van der Waals surface area contributed by atoms with Gasteiger partial charge in [0.05, 0.1) is 12.1 Å². The molecule has 9 nitrogen and oxygen atoms in total. The van der Waals surface area contributed by atoms with Gasteiger partial charge in [-0.05, 0) is 78.5 Å². The third kappa shape index (κ3) is 15.1. The van der Waals surface area contributed by atoms with E-state index in [0.717, 1.165) is 11.1 Å². The lowest BCUT2D eigenvalue weighted by Gasteiger charge is -2.27. The second-order valence-corrected chi connectivity index (χ2v) is 11.5. The monoisotopic (exact) mass is 545 g/mol. The summed E-state index contributed by atoms with van der Waals surface area (Å²) in [6.45, 7) is 11.7. The molecule has 0 aliphatic carbocycles. The Balaban J connectivity index is 0.00000760. The van der Waals surface area contributed by atoms with Crippen molar-refractivity contribution in [1.82, 2.24) is 16.0 Å². The van der Waals surface area contributed by atoms with E-state index in [4.69, 9.17) is 9.47 Å². The van der Waals surface area contributed by atoms with Crippen LogP contribution in [-0.2, 0) is 22.3 Å². The standard InChI is InChI=1S/C30H45N3O5.H2O/c1-29(2,3)37-27(35)32-24(19-22-13-9-7-10-14-22)17-18-31-21-26(34)25(20-23-15-11-8-12-16-23)33-28(36)38-30(4,5)6;/h7-16,24-26,31,34H,17-21H2,1-6H3,(H,32,35)(H,33,36);1H2/t24-,25+,26-;/m1./s1. The normalized spacial score (nSPS) is 13.8. The van der Waals surface area contributed by atoms with E-state index in [1.54, 1.807) is 20.8 Å². The van der Waals surface area contributed by atoms with Gasteiger partial charge in [-0.2, -0.15) is 0 Å². The van der Waals surface area contributed by atoms with Gasteiger partial charge in [-0.1, -0.05) is 60.7 Å². The van der Waals surface area contributed by atoms with Crippen LogP contribution >= 0.6 is 0 Å². The third-order valence-electron chi connectivity index (χ3n) is 5.53. The van der Waals surface area contributed by atoms with E-state index in [9.17, 15) is 14.7 Å². The molecule has 0 saturated carbocycles. The summed E-state index contributed by atoms with van der Waals surface area (Å²) in [4.78, 5) is 24.9. The summed E-state index contributed by atoms with van der Waals surface area (Å²) in [7, 11) is 0. The van der Waals surface area contributed by atoms with E-state index in [-0.39, 0.29) is 18.1 Å². The van der Waals surface area contributed by atoms with Gasteiger partial charge in [0, 0.05) is 12.6 Å². The first-order valence-electron chi connectivity index (χ1n) is 13.3. The second kappa shape index (κ2) is 16.1. The Morgan fingerprint density at radius 1 is 0.769 bits per heavy atom. The van der Waals surface area contributed by atoms with Crippen LogP contribution < -0.4 is 16.0 Å². The Labute approximate surface area is 233 Å². The summed E-state index contributed by atoms with van der Waals surface area (Å²) >= 11 is 0. The number of aliphatic hydroxyl groups is 1. The quantitative estimate of drug-likeness (QED) is 0.299. The molecule has 2 rings (SSSR count). The van der Waals surface area contributed by atoms with Gasteiger partial charge in [0.15, 0.2) is 0 Å². The van der Waals surface area contributed by atoms with Crippen LogP contribution in [0, 0.1) is 0 Å². The van der Waals surface area contributed by atoms with E-state index < -0.39 is 35.5 Å². The van der Waals surface area contributed by atoms with Crippen LogP contribution in [0.2, 0.25) is 0 Å². The highest BCUT2D eigenvalue weighted by atomic mass is 16.6. The van der Waals surface area contributed by atoms with Gasteiger partial charge in [0.1, 0.15) is 11.2 Å². The van der Waals surface area contributed by atoms with Crippen LogP contribution in [0.25, 0.3) is 0 Å². The summed E-state index contributed by atoms with van der Waals surface area (Å²) in [5.41, 5.74) is 0.883. The molecular formula is C30H47N3O6. The van der Waals surface area contributed by atoms with Gasteiger partial charge in [-0.3, -0.25) is 0 Å². The van der Waals surface area contributed by atoms with Crippen LogP contribution in [0.15, 0.2) is 60.7 Å². The lowest BCUT2D eigenvalue weighted by Crippen LogP contribution is -2.50. The van der Waals surface area contributed by atoms with Crippen LogP contribution in [0.3, 0.4) is 0 Å². The molecule has 0 radical (unpaired) electrons. The number of hydrogen-bond acceptors (Lipinski definition) is 6. The molecule has 0 aliphatic rings. The highest BCUT2D eigenvalue weighted by molar-refractivity contribution is 5.68. The van der Waals surface area contributed by atoms with Crippen molar-refractivity contribution < 1.29 is 29.6 Å². The Bertz CT molecular complexity index is 974. The maximum Gasteiger partial charge on any atom is 0.407 e. The summed E-state index contributed by atoms with van der Waals surface area (Å²) in [6.07, 6.45) is -0.135. The molecule has 0 unspecified atom stereocenters. The van der Waals surface area contributed by atoms with Crippen molar-refractivity contribution in [3.05, 3.63) is 71.8 Å². The summed E-state index contributed by atoms with van der Waals surface area (Å²) in [5.74, 6) is 0. The molecule has 0 bridgehead atoms. The van der Waals surface area contributed by atoms with Gasteiger partial charge in [-0.15, -0.1) is 0 Å². The molecule has 9 heteroatoms. The topological polar surface area (TPSA) is 140 Å². The Kier molecular flexibility index (Phi) is 14.0. The second-order valence-electron chi connectivity index (χ2n) is 11.5. The van der Waals surface area contributed by atoms with E-state index in [1.165, 1.54) is 0 Å². The number of nitrogens with one attached hydrogen (secondary N) is 3. The number of rotatable bonds is 12. The van der Waals surface area contributed by atoms with Crippen LogP contribution in [-0.4, -0.2) is 65.2 Å². The first-order chi connectivity index (χ1) is 17.8. The highest BCUT2D eigenvalue weighted by Gasteiger charge is 2.25. The van der Waals surface area contributed by atoms with Gasteiger partial charge in [-0.25, -0.2) is 9.59 Å². The number of aliphatic hydroxyl groups excluding tert-OH is 1. The van der Waals surface area contributed by atoms with Crippen molar-refractivity contribution in [2.24, 2.45) is 0 Å². The third-order valence-corrected chi connectivity index (χ3v) is 5.53. The first kappa shape index (κ1) is 33.9. The number of hydrogen-bond donors (Lipinski definition) is 4. The van der Waals surface area contributed by atoms with Gasteiger partial charge in [0.25, 0.3) is 0 Å². The van der Waals surface area contributed by atoms with Crippen LogP contribution in [0.5, 0.6) is 0 Å².